The fraction of sp³-hybridized carbons (Fsp3) is 0.250. The molecule has 0 amide bonds. The van der Waals surface area contributed by atoms with Gasteiger partial charge in [-0.05, 0) is 12.2 Å². The van der Waals surface area contributed by atoms with Crippen molar-refractivity contribution in [3.63, 3.8) is 0 Å². The van der Waals surface area contributed by atoms with Crippen LogP contribution in [0.15, 0.2) is 53.8 Å². The minimum atomic E-state index is -1.24. The molecule has 6 heteroatoms. The number of Topliss-reactive ketones (excluding diaryl/α,β-unsaturated/α-hetero) is 2. The molecule has 1 aromatic carbocycles. The van der Waals surface area contributed by atoms with Crippen LogP contribution in [0.5, 0.6) is 0 Å². The van der Waals surface area contributed by atoms with Gasteiger partial charge in [0.1, 0.15) is 0 Å². The summed E-state index contributed by atoms with van der Waals surface area (Å²) in [5.41, 5.74) is 0.542. The fourth-order valence-electron chi connectivity index (χ4n) is 2.80. The summed E-state index contributed by atoms with van der Waals surface area (Å²) in [6.07, 6.45) is 2.32. The van der Waals surface area contributed by atoms with Gasteiger partial charge < -0.3 is 18.9 Å². The van der Waals surface area contributed by atoms with Gasteiger partial charge in [-0.1, -0.05) is 30.3 Å². The predicted octanol–water partition coefficient (Wildman–Crippen LogP) is 1.34. The second-order valence-corrected chi connectivity index (χ2v) is 5.06. The Morgan fingerprint density at radius 2 is 1.77 bits per heavy atom. The molecule has 1 aliphatic carbocycles. The summed E-state index contributed by atoms with van der Waals surface area (Å²) in [4.78, 5) is 24.9. The maximum absolute atomic E-state index is 12.5. The molecule has 112 valence electrons. The van der Waals surface area contributed by atoms with E-state index < -0.39 is 23.5 Å². The normalized spacial score (nSPS) is 29.0. The van der Waals surface area contributed by atoms with Crippen LogP contribution in [0.2, 0.25) is 0 Å². The van der Waals surface area contributed by atoms with E-state index in [1.165, 1.54) is 6.08 Å². The molecule has 0 N–H and O–H groups in total. The van der Waals surface area contributed by atoms with Gasteiger partial charge in [0.05, 0.1) is 0 Å². The van der Waals surface area contributed by atoms with Crippen molar-refractivity contribution in [2.45, 2.75) is 11.9 Å². The van der Waals surface area contributed by atoms with Gasteiger partial charge in [0, 0.05) is 11.1 Å². The molecule has 2 saturated heterocycles. The Labute approximate surface area is 125 Å². The maximum atomic E-state index is 12.5. The van der Waals surface area contributed by atoms with E-state index in [1.807, 2.05) is 0 Å². The number of hydrogen-bond acceptors (Lipinski definition) is 6. The molecule has 2 unspecified atom stereocenters. The first-order chi connectivity index (χ1) is 10.7. The standard InChI is InChI=1S/C16H12O6/c17-13(10-4-2-1-3-5-10)14(18)11-6-7-12-16(21-8-19-12)15(11)20-9-22-16/h1-7,15H,8-9H2. The number of allylic oxidation sites excluding steroid dienone is 2. The van der Waals surface area contributed by atoms with Crippen LogP contribution in [0.3, 0.4) is 0 Å². The van der Waals surface area contributed by atoms with Gasteiger partial charge in [0.25, 0.3) is 5.79 Å². The summed E-state index contributed by atoms with van der Waals surface area (Å²) in [5, 5.41) is 0. The quantitative estimate of drug-likeness (QED) is 0.619. The molecule has 3 aliphatic rings. The van der Waals surface area contributed by atoms with Crippen LogP contribution >= 0.6 is 0 Å². The van der Waals surface area contributed by atoms with Crippen molar-refractivity contribution in [2.75, 3.05) is 13.6 Å². The zero-order valence-electron chi connectivity index (χ0n) is 11.5. The third-order valence-corrected chi connectivity index (χ3v) is 3.89. The SMILES string of the molecule is O=C(C(=O)c1ccccc1)C1=CC=C2OCOC23OCOC13. The summed E-state index contributed by atoms with van der Waals surface area (Å²) >= 11 is 0. The molecule has 2 aliphatic heterocycles. The Morgan fingerprint density at radius 3 is 2.59 bits per heavy atom. The van der Waals surface area contributed by atoms with Crippen LogP contribution in [0.4, 0.5) is 0 Å². The second-order valence-electron chi connectivity index (χ2n) is 5.06. The molecule has 4 rings (SSSR count). The number of benzene rings is 1. The molecule has 22 heavy (non-hydrogen) atoms. The van der Waals surface area contributed by atoms with Gasteiger partial charge in [-0.2, -0.15) is 0 Å². The number of ether oxygens (including phenoxy) is 4. The summed E-state index contributed by atoms with van der Waals surface area (Å²) < 4.78 is 21.8. The number of carbonyl (C=O) groups excluding carboxylic acids is 2. The van der Waals surface area contributed by atoms with Gasteiger partial charge >= 0.3 is 0 Å². The number of carbonyl (C=O) groups is 2. The molecule has 2 atom stereocenters. The highest BCUT2D eigenvalue weighted by atomic mass is 16.9. The van der Waals surface area contributed by atoms with Gasteiger partial charge in [-0.25, -0.2) is 0 Å². The van der Waals surface area contributed by atoms with E-state index in [9.17, 15) is 9.59 Å². The highest BCUT2D eigenvalue weighted by molar-refractivity contribution is 6.49. The lowest BCUT2D eigenvalue weighted by molar-refractivity contribution is -0.165. The van der Waals surface area contributed by atoms with Crippen molar-refractivity contribution < 1.29 is 28.5 Å². The zero-order chi connectivity index (χ0) is 15.2. The van der Waals surface area contributed by atoms with Crippen LogP contribution in [-0.2, 0) is 23.7 Å². The largest absolute Gasteiger partial charge is 0.466 e. The van der Waals surface area contributed by atoms with Crippen LogP contribution in [-0.4, -0.2) is 37.0 Å². The number of rotatable bonds is 3. The monoisotopic (exact) mass is 300 g/mol. The molecule has 2 heterocycles. The summed E-state index contributed by atoms with van der Waals surface area (Å²) in [7, 11) is 0. The van der Waals surface area contributed by atoms with Crippen LogP contribution in [0.1, 0.15) is 10.4 Å². The third kappa shape index (κ3) is 1.78. The van der Waals surface area contributed by atoms with E-state index in [4.69, 9.17) is 18.9 Å². The molecule has 6 nitrogen and oxygen atoms in total. The highest BCUT2D eigenvalue weighted by Crippen LogP contribution is 2.44. The lowest BCUT2D eigenvalue weighted by atomic mass is 9.89. The molecule has 0 radical (unpaired) electrons. The Hall–Kier alpha value is -2.28. The van der Waals surface area contributed by atoms with Crippen LogP contribution in [0.25, 0.3) is 0 Å². The van der Waals surface area contributed by atoms with Crippen molar-refractivity contribution in [1.29, 1.82) is 0 Å². The summed E-state index contributed by atoms with van der Waals surface area (Å²) in [6.45, 7) is -0.0108. The first-order valence-electron chi connectivity index (χ1n) is 6.81. The number of hydrogen-bond donors (Lipinski definition) is 0. The van der Waals surface area contributed by atoms with Crippen LogP contribution in [0, 0.1) is 0 Å². The van der Waals surface area contributed by atoms with E-state index in [-0.39, 0.29) is 19.2 Å². The molecule has 2 fully saturated rings. The van der Waals surface area contributed by atoms with E-state index in [0.717, 1.165) is 0 Å². The molecular weight excluding hydrogens is 288 g/mol. The van der Waals surface area contributed by atoms with E-state index in [2.05, 4.69) is 0 Å². The summed E-state index contributed by atoms with van der Waals surface area (Å²) in [5.74, 6) is -2.00. The molecule has 0 saturated carbocycles. The maximum Gasteiger partial charge on any atom is 0.264 e. The van der Waals surface area contributed by atoms with Crippen molar-refractivity contribution in [3.05, 3.63) is 59.4 Å². The van der Waals surface area contributed by atoms with E-state index in [0.29, 0.717) is 11.3 Å². The first-order valence-corrected chi connectivity index (χ1v) is 6.81. The average Bonchev–Trinajstić information content (AvgIpc) is 3.17. The number of ketones is 2. The van der Waals surface area contributed by atoms with Gasteiger partial charge in [-0.3, -0.25) is 9.59 Å². The van der Waals surface area contributed by atoms with Crippen molar-refractivity contribution >= 4 is 11.6 Å². The third-order valence-electron chi connectivity index (χ3n) is 3.89. The Morgan fingerprint density at radius 1 is 1.00 bits per heavy atom. The molecular formula is C16H12O6. The Bertz CT molecular complexity index is 701. The zero-order valence-corrected chi connectivity index (χ0v) is 11.5. The van der Waals surface area contributed by atoms with Crippen LogP contribution < -0.4 is 0 Å². The molecule has 1 spiro atoms. The van der Waals surface area contributed by atoms with E-state index >= 15 is 0 Å². The smallest absolute Gasteiger partial charge is 0.264 e. The van der Waals surface area contributed by atoms with Gasteiger partial charge in [0.2, 0.25) is 11.6 Å². The Kier molecular flexibility index (Phi) is 2.97. The lowest BCUT2D eigenvalue weighted by Crippen LogP contribution is -2.45. The topological polar surface area (TPSA) is 71.1 Å². The second kappa shape index (κ2) is 4.88. The van der Waals surface area contributed by atoms with Gasteiger partial charge in [0.15, 0.2) is 25.4 Å². The molecule has 0 aromatic heterocycles. The van der Waals surface area contributed by atoms with Crippen molar-refractivity contribution in [3.8, 4) is 0 Å². The Balaban J connectivity index is 1.68. The van der Waals surface area contributed by atoms with Gasteiger partial charge in [-0.15, -0.1) is 0 Å². The minimum absolute atomic E-state index is 0.0215. The minimum Gasteiger partial charge on any atom is -0.466 e. The van der Waals surface area contributed by atoms with Crippen molar-refractivity contribution in [2.24, 2.45) is 0 Å². The predicted molar refractivity (Wildman–Crippen MR) is 72.5 cm³/mol. The summed E-state index contributed by atoms with van der Waals surface area (Å²) in [6, 6.07) is 8.39. The highest BCUT2D eigenvalue weighted by Gasteiger charge is 2.59. The average molecular weight is 300 g/mol. The first kappa shape index (κ1) is 13.4. The molecule has 0 bridgehead atoms. The molecule has 1 aromatic rings. The lowest BCUT2D eigenvalue weighted by Gasteiger charge is -2.29. The van der Waals surface area contributed by atoms with Crippen molar-refractivity contribution in [1.82, 2.24) is 0 Å². The fourth-order valence-corrected chi connectivity index (χ4v) is 2.80. The van der Waals surface area contributed by atoms with E-state index in [1.54, 1.807) is 36.4 Å².